The van der Waals surface area contributed by atoms with Crippen LogP contribution in [0.3, 0.4) is 0 Å². The van der Waals surface area contributed by atoms with Gasteiger partial charge in [-0.05, 0) is 17.7 Å². The lowest BCUT2D eigenvalue weighted by atomic mass is 10.3. The van der Waals surface area contributed by atoms with Crippen molar-refractivity contribution >= 4 is 0 Å². The van der Waals surface area contributed by atoms with Crippen molar-refractivity contribution in [2.24, 2.45) is 0 Å². The minimum atomic E-state index is 0.564. The molecule has 5 nitrogen and oxygen atoms in total. The first-order valence-corrected chi connectivity index (χ1v) is 6.11. The average Bonchev–Trinajstić information content (AvgIpc) is 2.46. The smallest absolute Gasteiger partial charge is 0.219 e. The molecule has 0 aliphatic rings. The molecule has 0 saturated carbocycles. The fourth-order valence-electron chi connectivity index (χ4n) is 1.51. The predicted octanol–water partition coefficient (Wildman–Crippen LogP) is 2.00. The van der Waals surface area contributed by atoms with Gasteiger partial charge >= 0.3 is 0 Å². The van der Waals surface area contributed by atoms with Crippen LogP contribution < -0.4 is 10.1 Å². The monoisotopic (exact) mass is 259 g/mol. The van der Waals surface area contributed by atoms with Crippen LogP contribution in [0.15, 0.2) is 42.9 Å². The van der Waals surface area contributed by atoms with Gasteiger partial charge in [-0.15, -0.1) is 0 Å². The highest BCUT2D eigenvalue weighted by molar-refractivity contribution is 5.25. The van der Waals surface area contributed by atoms with Crippen molar-refractivity contribution in [2.75, 3.05) is 20.3 Å². The second-order valence-electron chi connectivity index (χ2n) is 3.97. The number of nitrogens with one attached hydrogen (secondary N) is 1. The van der Waals surface area contributed by atoms with Crippen molar-refractivity contribution in [3.63, 3.8) is 0 Å². The molecule has 0 unspecified atom stereocenters. The Morgan fingerprint density at radius 1 is 1.21 bits per heavy atom. The number of ether oxygens (including phenoxy) is 2. The summed E-state index contributed by atoms with van der Waals surface area (Å²) in [5, 5.41) is 3.26. The van der Waals surface area contributed by atoms with Crippen LogP contribution >= 0.6 is 0 Å². The Morgan fingerprint density at radius 3 is 2.84 bits per heavy atom. The van der Waals surface area contributed by atoms with Crippen LogP contribution in [0.2, 0.25) is 0 Å². The quantitative estimate of drug-likeness (QED) is 0.771. The zero-order valence-corrected chi connectivity index (χ0v) is 10.9. The third kappa shape index (κ3) is 4.65. The third-order valence-corrected chi connectivity index (χ3v) is 2.47. The summed E-state index contributed by atoms with van der Waals surface area (Å²) in [5.74, 6) is 1.25. The second-order valence-corrected chi connectivity index (χ2v) is 3.97. The standard InChI is InChI=1S/C14H17N3O2/c1-18-8-7-16-9-12-4-5-14(17-10-12)19-13-3-2-6-15-11-13/h2-6,10-11,16H,7-9H2,1H3. The van der Waals surface area contributed by atoms with E-state index in [-0.39, 0.29) is 0 Å². The van der Waals surface area contributed by atoms with Crippen molar-refractivity contribution in [1.29, 1.82) is 0 Å². The Kier molecular flexibility index (Phi) is 5.28. The molecule has 0 aliphatic carbocycles. The summed E-state index contributed by atoms with van der Waals surface area (Å²) in [5.41, 5.74) is 1.11. The first-order chi connectivity index (χ1) is 9.38. The maximum Gasteiger partial charge on any atom is 0.219 e. The molecule has 100 valence electrons. The molecule has 0 fully saturated rings. The van der Waals surface area contributed by atoms with Gasteiger partial charge in [0.25, 0.3) is 0 Å². The van der Waals surface area contributed by atoms with Gasteiger partial charge in [-0.2, -0.15) is 0 Å². The summed E-state index contributed by atoms with van der Waals surface area (Å²) in [6.07, 6.45) is 5.16. The van der Waals surface area contributed by atoms with Crippen molar-refractivity contribution in [3.05, 3.63) is 48.4 Å². The molecular formula is C14H17N3O2. The van der Waals surface area contributed by atoms with E-state index in [0.29, 0.717) is 18.2 Å². The van der Waals surface area contributed by atoms with Gasteiger partial charge in [0.05, 0.1) is 12.8 Å². The number of rotatable bonds is 7. The Bertz CT molecular complexity index is 474. The summed E-state index contributed by atoms with van der Waals surface area (Å²) in [6, 6.07) is 7.50. The van der Waals surface area contributed by atoms with Crippen LogP contribution in [-0.2, 0) is 11.3 Å². The van der Waals surface area contributed by atoms with E-state index in [1.807, 2.05) is 24.3 Å². The fourth-order valence-corrected chi connectivity index (χ4v) is 1.51. The summed E-state index contributed by atoms with van der Waals surface area (Å²) in [4.78, 5) is 8.23. The highest BCUT2D eigenvalue weighted by Crippen LogP contribution is 2.17. The van der Waals surface area contributed by atoms with Gasteiger partial charge in [-0.1, -0.05) is 6.07 Å². The highest BCUT2D eigenvalue weighted by atomic mass is 16.5. The van der Waals surface area contributed by atoms with E-state index in [1.54, 1.807) is 25.7 Å². The molecule has 19 heavy (non-hydrogen) atoms. The van der Waals surface area contributed by atoms with Crippen LogP contribution in [0.5, 0.6) is 11.6 Å². The molecule has 0 spiro atoms. The minimum absolute atomic E-state index is 0.564. The molecule has 0 radical (unpaired) electrons. The van der Waals surface area contributed by atoms with Crippen molar-refractivity contribution in [1.82, 2.24) is 15.3 Å². The maximum atomic E-state index is 5.56. The molecule has 0 aromatic carbocycles. The largest absolute Gasteiger partial charge is 0.437 e. The Morgan fingerprint density at radius 2 is 2.16 bits per heavy atom. The molecule has 2 rings (SSSR count). The van der Waals surface area contributed by atoms with E-state index in [0.717, 1.165) is 18.7 Å². The maximum absolute atomic E-state index is 5.56. The molecule has 2 aromatic rings. The van der Waals surface area contributed by atoms with Crippen LogP contribution in [0.1, 0.15) is 5.56 Å². The normalized spacial score (nSPS) is 10.4. The van der Waals surface area contributed by atoms with Gasteiger partial charge in [0, 0.05) is 38.7 Å². The first-order valence-electron chi connectivity index (χ1n) is 6.11. The van der Waals surface area contributed by atoms with Gasteiger partial charge in [-0.25, -0.2) is 4.98 Å². The van der Waals surface area contributed by atoms with E-state index in [9.17, 15) is 0 Å². The molecule has 0 aliphatic heterocycles. The van der Waals surface area contributed by atoms with Crippen LogP contribution in [0.25, 0.3) is 0 Å². The Balaban J connectivity index is 1.84. The lowest BCUT2D eigenvalue weighted by Crippen LogP contribution is -2.18. The summed E-state index contributed by atoms with van der Waals surface area (Å²) < 4.78 is 10.5. The molecule has 1 N–H and O–H groups in total. The SMILES string of the molecule is COCCNCc1ccc(Oc2cccnc2)nc1. The molecule has 5 heteroatoms. The van der Waals surface area contributed by atoms with Crippen molar-refractivity contribution < 1.29 is 9.47 Å². The Hall–Kier alpha value is -1.98. The number of hydrogen-bond donors (Lipinski definition) is 1. The van der Waals surface area contributed by atoms with E-state index in [2.05, 4.69) is 15.3 Å². The zero-order valence-electron chi connectivity index (χ0n) is 10.9. The summed E-state index contributed by atoms with van der Waals surface area (Å²) >= 11 is 0. The molecule has 2 heterocycles. The highest BCUT2D eigenvalue weighted by Gasteiger charge is 1.99. The van der Waals surface area contributed by atoms with E-state index >= 15 is 0 Å². The minimum Gasteiger partial charge on any atom is -0.437 e. The average molecular weight is 259 g/mol. The molecular weight excluding hydrogens is 242 g/mol. The molecule has 0 bridgehead atoms. The van der Waals surface area contributed by atoms with Gasteiger partial charge in [0.2, 0.25) is 5.88 Å². The third-order valence-electron chi connectivity index (χ3n) is 2.47. The Labute approximate surface area is 112 Å². The van der Waals surface area contributed by atoms with Crippen LogP contribution in [0, 0.1) is 0 Å². The number of methoxy groups -OCH3 is 1. The predicted molar refractivity (Wildman–Crippen MR) is 72.1 cm³/mol. The van der Waals surface area contributed by atoms with Crippen molar-refractivity contribution in [2.45, 2.75) is 6.54 Å². The van der Waals surface area contributed by atoms with E-state index in [1.165, 1.54) is 0 Å². The zero-order chi connectivity index (χ0) is 13.3. The van der Waals surface area contributed by atoms with Crippen molar-refractivity contribution in [3.8, 4) is 11.6 Å². The lowest BCUT2D eigenvalue weighted by Gasteiger charge is -2.06. The fraction of sp³-hybridized carbons (Fsp3) is 0.286. The van der Waals surface area contributed by atoms with Gasteiger partial charge < -0.3 is 14.8 Å². The molecule has 2 aromatic heterocycles. The molecule has 0 amide bonds. The second kappa shape index (κ2) is 7.45. The lowest BCUT2D eigenvalue weighted by molar-refractivity contribution is 0.199. The number of nitrogens with zero attached hydrogens (tertiary/aromatic N) is 2. The first kappa shape index (κ1) is 13.5. The summed E-state index contributed by atoms with van der Waals surface area (Å²) in [7, 11) is 1.69. The van der Waals surface area contributed by atoms with E-state index in [4.69, 9.17) is 9.47 Å². The molecule has 0 atom stereocenters. The number of pyridine rings is 2. The van der Waals surface area contributed by atoms with Crippen LogP contribution in [-0.4, -0.2) is 30.2 Å². The summed E-state index contributed by atoms with van der Waals surface area (Å²) in [6.45, 7) is 2.30. The van der Waals surface area contributed by atoms with Gasteiger partial charge in [-0.3, -0.25) is 4.98 Å². The molecule has 0 saturated heterocycles. The number of hydrogen-bond acceptors (Lipinski definition) is 5. The van der Waals surface area contributed by atoms with Gasteiger partial charge in [0.1, 0.15) is 5.75 Å². The topological polar surface area (TPSA) is 56.3 Å². The van der Waals surface area contributed by atoms with Crippen LogP contribution in [0.4, 0.5) is 0 Å². The van der Waals surface area contributed by atoms with E-state index < -0.39 is 0 Å². The number of aromatic nitrogens is 2. The van der Waals surface area contributed by atoms with Gasteiger partial charge in [0.15, 0.2) is 0 Å².